The van der Waals surface area contributed by atoms with Gasteiger partial charge in [0.2, 0.25) is 0 Å². The van der Waals surface area contributed by atoms with Crippen LogP contribution < -0.4 is 0 Å². The minimum absolute atomic E-state index is 0.859. The molecule has 0 saturated heterocycles. The number of carbonyl (C=O) groups is 1. The number of carboxylic acid groups (broad SMARTS) is 1. The van der Waals surface area contributed by atoms with E-state index in [1.165, 1.54) is 6.08 Å². The van der Waals surface area contributed by atoms with Gasteiger partial charge in [-0.2, -0.15) is 0 Å². The van der Waals surface area contributed by atoms with Crippen molar-refractivity contribution in [2.45, 2.75) is 20.3 Å². The molecule has 0 saturated carbocycles. The average Bonchev–Trinajstić information content (AvgIpc) is 1.97. The molecule has 0 rings (SSSR count). The van der Waals surface area contributed by atoms with Crippen LogP contribution in [0.2, 0.25) is 0 Å². The Morgan fingerprint density at radius 3 is 2.55 bits per heavy atom. The van der Waals surface area contributed by atoms with Crippen molar-refractivity contribution in [1.82, 2.24) is 4.90 Å². The Morgan fingerprint density at radius 2 is 2.18 bits per heavy atom. The first kappa shape index (κ1) is 10.0. The Bertz CT molecular complexity index is 143. The molecular formula is C8H15NO2. The molecule has 0 aromatic rings. The van der Waals surface area contributed by atoms with E-state index in [2.05, 4.69) is 6.92 Å². The molecule has 0 amide bonds. The van der Waals surface area contributed by atoms with E-state index in [0.29, 0.717) is 0 Å². The van der Waals surface area contributed by atoms with E-state index >= 15 is 0 Å². The fourth-order valence-electron chi connectivity index (χ4n) is 0.794. The van der Waals surface area contributed by atoms with Gasteiger partial charge in [0.25, 0.3) is 0 Å². The van der Waals surface area contributed by atoms with Crippen LogP contribution in [0, 0.1) is 0 Å². The lowest BCUT2D eigenvalue weighted by molar-refractivity contribution is -0.131. The van der Waals surface area contributed by atoms with Gasteiger partial charge in [0, 0.05) is 25.4 Å². The monoisotopic (exact) mass is 157 g/mol. The molecule has 0 unspecified atom stereocenters. The molecule has 0 heterocycles. The third-order valence-electron chi connectivity index (χ3n) is 1.34. The Morgan fingerprint density at radius 1 is 1.55 bits per heavy atom. The van der Waals surface area contributed by atoms with E-state index in [1.54, 1.807) is 6.20 Å². The summed E-state index contributed by atoms with van der Waals surface area (Å²) in [5.74, 6) is -0.889. The summed E-state index contributed by atoms with van der Waals surface area (Å²) in [5.41, 5.74) is 0. The van der Waals surface area contributed by atoms with Crippen LogP contribution in [0.15, 0.2) is 12.3 Å². The second-order valence-electron chi connectivity index (χ2n) is 2.28. The standard InChI is InChI=1S/C8H15NO2/c1-3-6-9(4-2)7-5-8(10)11/h5,7H,3-4,6H2,1-2H3,(H,10,11). The number of nitrogens with zero attached hydrogens (tertiary/aromatic N) is 1. The lowest BCUT2D eigenvalue weighted by Crippen LogP contribution is -2.17. The van der Waals surface area contributed by atoms with Gasteiger partial charge in [-0.3, -0.25) is 0 Å². The summed E-state index contributed by atoms with van der Waals surface area (Å²) in [7, 11) is 0. The smallest absolute Gasteiger partial charge is 0.329 e. The van der Waals surface area contributed by atoms with Gasteiger partial charge in [-0.1, -0.05) is 6.92 Å². The second kappa shape index (κ2) is 5.77. The number of hydrogen-bond acceptors (Lipinski definition) is 2. The molecular weight excluding hydrogens is 142 g/mol. The van der Waals surface area contributed by atoms with Crippen LogP contribution in [0.3, 0.4) is 0 Å². The maximum Gasteiger partial charge on any atom is 0.329 e. The van der Waals surface area contributed by atoms with Crippen molar-refractivity contribution in [3.63, 3.8) is 0 Å². The highest BCUT2D eigenvalue weighted by atomic mass is 16.4. The molecule has 0 aliphatic rings. The molecule has 64 valence electrons. The van der Waals surface area contributed by atoms with Crippen molar-refractivity contribution in [2.24, 2.45) is 0 Å². The van der Waals surface area contributed by atoms with E-state index in [-0.39, 0.29) is 0 Å². The third-order valence-corrected chi connectivity index (χ3v) is 1.34. The first-order chi connectivity index (χ1) is 5.20. The molecule has 0 aliphatic heterocycles. The zero-order chi connectivity index (χ0) is 8.69. The molecule has 0 aromatic carbocycles. The number of carboxylic acids is 1. The molecule has 0 aromatic heterocycles. The normalized spacial score (nSPS) is 10.4. The van der Waals surface area contributed by atoms with Crippen LogP contribution in [0.5, 0.6) is 0 Å². The Labute approximate surface area is 67.3 Å². The van der Waals surface area contributed by atoms with Gasteiger partial charge in [-0.25, -0.2) is 4.79 Å². The molecule has 0 fully saturated rings. The van der Waals surface area contributed by atoms with Crippen LogP contribution in [-0.2, 0) is 4.79 Å². The van der Waals surface area contributed by atoms with E-state index in [9.17, 15) is 4.79 Å². The molecule has 3 nitrogen and oxygen atoms in total. The predicted octanol–water partition coefficient (Wildman–Crippen LogP) is 1.32. The Balaban J connectivity index is 3.76. The van der Waals surface area contributed by atoms with Crippen molar-refractivity contribution in [1.29, 1.82) is 0 Å². The molecule has 0 bridgehead atoms. The zero-order valence-electron chi connectivity index (χ0n) is 7.08. The van der Waals surface area contributed by atoms with E-state index < -0.39 is 5.97 Å². The summed E-state index contributed by atoms with van der Waals surface area (Å²) >= 11 is 0. The van der Waals surface area contributed by atoms with Crippen molar-refractivity contribution in [3.8, 4) is 0 Å². The second-order valence-corrected chi connectivity index (χ2v) is 2.28. The van der Waals surface area contributed by atoms with Crippen LogP contribution >= 0.6 is 0 Å². The molecule has 0 atom stereocenters. The molecule has 3 heteroatoms. The van der Waals surface area contributed by atoms with Gasteiger partial charge >= 0.3 is 5.97 Å². The highest BCUT2D eigenvalue weighted by Gasteiger charge is 1.93. The number of aliphatic carboxylic acids is 1. The lowest BCUT2D eigenvalue weighted by atomic mass is 10.4. The van der Waals surface area contributed by atoms with Crippen LogP contribution in [-0.4, -0.2) is 29.1 Å². The molecule has 0 aliphatic carbocycles. The van der Waals surface area contributed by atoms with Gasteiger partial charge in [0.15, 0.2) is 0 Å². The van der Waals surface area contributed by atoms with Crippen molar-refractivity contribution >= 4 is 5.97 Å². The Hall–Kier alpha value is -0.990. The van der Waals surface area contributed by atoms with Crippen LogP contribution in [0.25, 0.3) is 0 Å². The zero-order valence-corrected chi connectivity index (χ0v) is 7.08. The quantitative estimate of drug-likeness (QED) is 0.612. The summed E-state index contributed by atoms with van der Waals surface area (Å²) in [6.07, 6.45) is 3.82. The fourth-order valence-corrected chi connectivity index (χ4v) is 0.794. The minimum Gasteiger partial charge on any atom is -0.478 e. The summed E-state index contributed by atoms with van der Waals surface area (Å²) in [6.45, 7) is 5.84. The summed E-state index contributed by atoms with van der Waals surface area (Å²) in [4.78, 5) is 12.1. The molecule has 0 spiro atoms. The Kier molecular flexibility index (Phi) is 5.25. The molecule has 0 radical (unpaired) electrons. The average molecular weight is 157 g/mol. The largest absolute Gasteiger partial charge is 0.478 e. The number of hydrogen-bond donors (Lipinski definition) is 1. The van der Waals surface area contributed by atoms with Gasteiger partial charge in [0.1, 0.15) is 0 Å². The summed E-state index contributed by atoms with van der Waals surface area (Å²) < 4.78 is 0. The van der Waals surface area contributed by atoms with Gasteiger partial charge < -0.3 is 10.0 Å². The maximum absolute atomic E-state index is 10.1. The summed E-state index contributed by atoms with van der Waals surface area (Å²) in [6, 6.07) is 0. The first-order valence-electron chi connectivity index (χ1n) is 3.85. The highest BCUT2D eigenvalue weighted by Crippen LogP contribution is 1.91. The topological polar surface area (TPSA) is 40.5 Å². The molecule has 1 N–H and O–H groups in total. The van der Waals surface area contributed by atoms with E-state index in [4.69, 9.17) is 5.11 Å². The fraction of sp³-hybridized carbons (Fsp3) is 0.625. The SMILES string of the molecule is CCCN(C=CC(=O)O)CC. The maximum atomic E-state index is 10.1. The number of rotatable bonds is 5. The summed E-state index contributed by atoms with van der Waals surface area (Å²) in [5, 5.41) is 8.31. The van der Waals surface area contributed by atoms with Gasteiger partial charge in [0.05, 0.1) is 0 Å². The van der Waals surface area contributed by atoms with Crippen molar-refractivity contribution in [2.75, 3.05) is 13.1 Å². The van der Waals surface area contributed by atoms with Crippen LogP contribution in [0.4, 0.5) is 0 Å². The highest BCUT2D eigenvalue weighted by molar-refractivity contribution is 5.79. The molecule has 11 heavy (non-hydrogen) atoms. The van der Waals surface area contributed by atoms with Gasteiger partial charge in [-0.05, 0) is 13.3 Å². The van der Waals surface area contributed by atoms with E-state index in [0.717, 1.165) is 19.5 Å². The lowest BCUT2D eigenvalue weighted by Gasteiger charge is -2.15. The first-order valence-corrected chi connectivity index (χ1v) is 3.85. The van der Waals surface area contributed by atoms with Crippen molar-refractivity contribution in [3.05, 3.63) is 12.3 Å². The van der Waals surface area contributed by atoms with E-state index in [1.807, 2.05) is 11.8 Å². The van der Waals surface area contributed by atoms with Crippen LogP contribution in [0.1, 0.15) is 20.3 Å². The predicted molar refractivity (Wildman–Crippen MR) is 44.3 cm³/mol. The minimum atomic E-state index is -0.889. The van der Waals surface area contributed by atoms with Crippen molar-refractivity contribution < 1.29 is 9.90 Å². The van der Waals surface area contributed by atoms with Gasteiger partial charge in [-0.15, -0.1) is 0 Å². The third kappa shape index (κ3) is 5.45.